The molecule has 0 aliphatic rings. The number of hydrogen-bond acceptors (Lipinski definition) is 1. The normalized spacial score (nSPS) is 11.3. The predicted molar refractivity (Wildman–Crippen MR) is 183 cm³/mol. The van der Waals surface area contributed by atoms with Crippen LogP contribution in [0.1, 0.15) is 207 Å². The molecule has 0 aromatic rings. The van der Waals surface area contributed by atoms with Crippen molar-refractivity contribution in [3.63, 3.8) is 0 Å². The highest BCUT2D eigenvalue weighted by Crippen LogP contribution is 2.15. The van der Waals surface area contributed by atoms with Gasteiger partial charge >= 0.3 is 0 Å². The number of hydrogen-bond donors (Lipinski definition) is 1. The Morgan fingerprint density at radius 3 is 0.675 bits per heavy atom. The molecule has 3 nitrogen and oxygen atoms in total. The lowest BCUT2D eigenvalue weighted by Gasteiger charge is -2.34. The van der Waals surface area contributed by atoms with Gasteiger partial charge in [-0.3, -0.25) is 5.41 Å². The van der Waals surface area contributed by atoms with Crippen LogP contribution < -0.4 is 0 Å². The molecular formula is C37H77N3. The molecule has 0 atom stereocenters. The van der Waals surface area contributed by atoms with Gasteiger partial charge < -0.3 is 9.80 Å². The number of rotatable bonds is 32. The molecule has 0 spiro atoms. The maximum absolute atomic E-state index is 9.34. The summed E-state index contributed by atoms with van der Waals surface area (Å²) in [6.07, 6.45) is 37.9. The molecule has 3 heteroatoms. The van der Waals surface area contributed by atoms with Gasteiger partial charge in [0.1, 0.15) is 0 Å². The minimum Gasteiger partial charge on any atom is -0.343 e. The summed E-state index contributed by atoms with van der Waals surface area (Å²) in [5.74, 6) is 0.855. The zero-order valence-corrected chi connectivity index (χ0v) is 28.5. The first-order chi connectivity index (χ1) is 19.7. The molecule has 0 aromatic heterocycles. The molecule has 0 aromatic carbocycles. The second-order valence-corrected chi connectivity index (χ2v) is 12.8. The summed E-state index contributed by atoms with van der Waals surface area (Å²) >= 11 is 0. The Labute approximate surface area is 254 Å². The molecule has 0 radical (unpaired) electrons. The lowest BCUT2D eigenvalue weighted by Crippen LogP contribution is -2.45. The minimum atomic E-state index is 0.855. The predicted octanol–water partition coefficient (Wildman–Crippen LogP) is 12.5. The van der Waals surface area contributed by atoms with Crippen LogP contribution in [0, 0.1) is 5.41 Å². The molecule has 0 saturated heterocycles. The van der Waals surface area contributed by atoms with E-state index >= 15 is 0 Å². The van der Waals surface area contributed by atoms with E-state index in [0.717, 1.165) is 32.1 Å². The Hall–Kier alpha value is -0.730. The van der Waals surface area contributed by atoms with Crippen LogP contribution in [0.4, 0.5) is 0 Å². The minimum absolute atomic E-state index is 0.855. The third-order valence-corrected chi connectivity index (χ3v) is 8.73. The largest absolute Gasteiger partial charge is 0.343 e. The molecule has 0 bridgehead atoms. The molecule has 0 amide bonds. The van der Waals surface area contributed by atoms with E-state index in [4.69, 9.17) is 0 Å². The van der Waals surface area contributed by atoms with Crippen molar-refractivity contribution in [3.05, 3.63) is 0 Å². The van der Waals surface area contributed by atoms with E-state index in [1.807, 2.05) is 0 Å². The fourth-order valence-corrected chi connectivity index (χ4v) is 5.89. The van der Waals surface area contributed by atoms with Gasteiger partial charge in [-0.2, -0.15) is 0 Å². The van der Waals surface area contributed by atoms with Crippen LogP contribution >= 0.6 is 0 Å². The Bertz CT molecular complexity index is 414. The van der Waals surface area contributed by atoms with E-state index < -0.39 is 0 Å². The highest BCUT2D eigenvalue weighted by Gasteiger charge is 2.17. The van der Waals surface area contributed by atoms with Gasteiger partial charge in [-0.05, 0) is 25.7 Å². The fourth-order valence-electron chi connectivity index (χ4n) is 5.89. The van der Waals surface area contributed by atoms with E-state index in [-0.39, 0.29) is 0 Å². The third-order valence-electron chi connectivity index (χ3n) is 8.73. The van der Waals surface area contributed by atoms with Crippen LogP contribution in [0.15, 0.2) is 0 Å². The summed E-state index contributed by atoms with van der Waals surface area (Å²) < 4.78 is 0. The van der Waals surface area contributed by atoms with Crippen LogP contribution in [0.25, 0.3) is 0 Å². The molecule has 0 rings (SSSR count). The SMILES string of the molecule is CCCCCCCCCN(CCCCCCCCC)C(=N)N(CCCCCCCCC)CCCCCCCCC. The molecule has 1 N–H and O–H groups in total. The molecule has 40 heavy (non-hydrogen) atoms. The first kappa shape index (κ1) is 39.3. The summed E-state index contributed by atoms with van der Waals surface area (Å²) in [6.45, 7) is 13.6. The van der Waals surface area contributed by atoms with E-state index in [2.05, 4.69) is 37.5 Å². The quantitative estimate of drug-likeness (QED) is 0.0501. The number of nitrogens with zero attached hydrogens (tertiary/aromatic N) is 2. The lowest BCUT2D eigenvalue weighted by atomic mass is 10.1. The zero-order chi connectivity index (χ0) is 29.4. The molecule has 0 fully saturated rings. The highest BCUT2D eigenvalue weighted by atomic mass is 15.4. The van der Waals surface area contributed by atoms with Crippen LogP contribution in [0.5, 0.6) is 0 Å². The molecule has 0 heterocycles. The molecule has 240 valence electrons. The van der Waals surface area contributed by atoms with E-state index in [1.54, 1.807) is 0 Å². The van der Waals surface area contributed by atoms with Gasteiger partial charge in [0.15, 0.2) is 5.96 Å². The van der Waals surface area contributed by atoms with Gasteiger partial charge in [0.25, 0.3) is 0 Å². The zero-order valence-electron chi connectivity index (χ0n) is 28.5. The maximum atomic E-state index is 9.34. The Kier molecular flexibility index (Phi) is 32.2. The Balaban J connectivity index is 4.86. The Morgan fingerprint density at radius 2 is 0.475 bits per heavy atom. The third kappa shape index (κ3) is 26.2. The van der Waals surface area contributed by atoms with Crippen molar-refractivity contribution in [2.75, 3.05) is 26.2 Å². The van der Waals surface area contributed by atoms with Crippen LogP contribution in [0.3, 0.4) is 0 Å². The van der Waals surface area contributed by atoms with Crippen molar-refractivity contribution < 1.29 is 0 Å². The summed E-state index contributed by atoms with van der Waals surface area (Å²) in [5, 5.41) is 9.34. The average Bonchev–Trinajstić information content (AvgIpc) is 2.96. The lowest BCUT2D eigenvalue weighted by molar-refractivity contribution is 0.291. The monoisotopic (exact) mass is 564 g/mol. The summed E-state index contributed by atoms with van der Waals surface area (Å²) in [4.78, 5) is 4.97. The van der Waals surface area contributed by atoms with Crippen molar-refractivity contribution in [3.8, 4) is 0 Å². The van der Waals surface area contributed by atoms with Crippen molar-refractivity contribution in [1.82, 2.24) is 9.80 Å². The summed E-state index contributed by atoms with van der Waals surface area (Å²) in [7, 11) is 0. The molecule has 0 aliphatic carbocycles. The second-order valence-electron chi connectivity index (χ2n) is 12.8. The first-order valence-corrected chi connectivity index (χ1v) is 18.8. The van der Waals surface area contributed by atoms with Gasteiger partial charge in [-0.25, -0.2) is 0 Å². The fraction of sp³-hybridized carbons (Fsp3) is 0.973. The van der Waals surface area contributed by atoms with Crippen LogP contribution in [0.2, 0.25) is 0 Å². The number of nitrogens with one attached hydrogen (secondary N) is 1. The van der Waals surface area contributed by atoms with E-state index in [0.29, 0.717) is 0 Å². The summed E-state index contributed by atoms with van der Waals surface area (Å²) in [5.41, 5.74) is 0. The van der Waals surface area contributed by atoms with Gasteiger partial charge in [0.05, 0.1) is 0 Å². The number of guanidine groups is 1. The molecule has 0 saturated carbocycles. The summed E-state index contributed by atoms with van der Waals surface area (Å²) in [6, 6.07) is 0. The van der Waals surface area contributed by atoms with Crippen LogP contribution in [-0.2, 0) is 0 Å². The second kappa shape index (κ2) is 32.8. The van der Waals surface area contributed by atoms with E-state index in [1.165, 1.54) is 180 Å². The van der Waals surface area contributed by atoms with Gasteiger partial charge in [-0.15, -0.1) is 0 Å². The topological polar surface area (TPSA) is 30.3 Å². The maximum Gasteiger partial charge on any atom is 0.193 e. The molecular weight excluding hydrogens is 486 g/mol. The van der Waals surface area contributed by atoms with Gasteiger partial charge in [-0.1, -0.05) is 182 Å². The van der Waals surface area contributed by atoms with Crippen molar-refractivity contribution in [2.24, 2.45) is 0 Å². The smallest absolute Gasteiger partial charge is 0.193 e. The van der Waals surface area contributed by atoms with E-state index in [9.17, 15) is 5.41 Å². The average molecular weight is 564 g/mol. The van der Waals surface area contributed by atoms with Crippen molar-refractivity contribution >= 4 is 5.96 Å². The van der Waals surface area contributed by atoms with Crippen molar-refractivity contribution in [1.29, 1.82) is 5.41 Å². The highest BCUT2D eigenvalue weighted by molar-refractivity contribution is 5.76. The van der Waals surface area contributed by atoms with Gasteiger partial charge in [0, 0.05) is 26.2 Å². The molecule has 0 unspecified atom stereocenters. The standard InChI is InChI=1S/C37H77N3/c1-5-9-13-17-21-25-29-33-39(34-30-26-22-18-14-10-6-2)37(38)40(35-31-27-23-19-15-11-7-3)36-32-28-24-20-16-12-8-4/h38H,5-36H2,1-4H3. The Morgan fingerprint density at radius 1 is 0.300 bits per heavy atom. The first-order valence-electron chi connectivity index (χ1n) is 18.8. The van der Waals surface area contributed by atoms with Crippen LogP contribution in [-0.4, -0.2) is 41.9 Å². The molecule has 0 aliphatic heterocycles. The van der Waals surface area contributed by atoms with Crippen molar-refractivity contribution in [2.45, 2.75) is 207 Å². The van der Waals surface area contributed by atoms with Gasteiger partial charge in [0.2, 0.25) is 0 Å². The number of unbranched alkanes of at least 4 members (excludes halogenated alkanes) is 24.